The fourth-order valence-electron chi connectivity index (χ4n) is 2.42. The Labute approximate surface area is 119 Å². The fraction of sp³-hybridized carbons (Fsp3) is 0.500. The highest BCUT2D eigenvalue weighted by atomic mass is 32.2. The van der Waals surface area contributed by atoms with Crippen molar-refractivity contribution in [2.75, 3.05) is 11.1 Å². The van der Waals surface area contributed by atoms with Crippen LogP contribution in [0.5, 0.6) is 0 Å². The van der Waals surface area contributed by atoms with Crippen LogP contribution in [0.2, 0.25) is 0 Å². The summed E-state index contributed by atoms with van der Waals surface area (Å²) in [6.07, 6.45) is 2.48. The van der Waals surface area contributed by atoms with Crippen molar-refractivity contribution in [3.05, 3.63) is 23.8 Å². The van der Waals surface area contributed by atoms with E-state index >= 15 is 0 Å². The summed E-state index contributed by atoms with van der Waals surface area (Å²) in [6.45, 7) is 4.43. The Kier molecular flexibility index (Phi) is 4.51. The lowest BCUT2D eigenvalue weighted by molar-refractivity contribution is 0.309. The second kappa shape index (κ2) is 5.93. The van der Waals surface area contributed by atoms with Gasteiger partial charge in [-0.3, -0.25) is 0 Å². The molecule has 2 rings (SSSR count). The smallest absolute Gasteiger partial charge is 0.107 e. The molecule has 1 aliphatic rings. The van der Waals surface area contributed by atoms with E-state index in [0.29, 0.717) is 11.0 Å². The van der Waals surface area contributed by atoms with Gasteiger partial charge in [-0.2, -0.15) is 0 Å². The van der Waals surface area contributed by atoms with Crippen molar-refractivity contribution in [3.63, 3.8) is 0 Å². The molecule has 0 heterocycles. The van der Waals surface area contributed by atoms with Gasteiger partial charge in [0.2, 0.25) is 0 Å². The maximum Gasteiger partial charge on any atom is 0.107 e. The minimum Gasteiger partial charge on any atom is -0.389 e. The third-order valence-corrected chi connectivity index (χ3v) is 4.45. The van der Waals surface area contributed by atoms with Crippen molar-refractivity contribution in [1.82, 2.24) is 0 Å². The highest BCUT2D eigenvalue weighted by Gasteiger charge is 2.26. The molecule has 1 fully saturated rings. The van der Waals surface area contributed by atoms with Crippen molar-refractivity contribution < 1.29 is 0 Å². The van der Waals surface area contributed by atoms with Crippen LogP contribution in [-0.2, 0) is 0 Å². The molecule has 3 N–H and O–H groups in total. The first-order valence-electron chi connectivity index (χ1n) is 6.44. The van der Waals surface area contributed by atoms with Crippen LogP contribution in [0, 0.1) is 5.92 Å². The first kappa shape index (κ1) is 13.7. The third kappa shape index (κ3) is 2.98. The Hall–Kier alpha value is -0.740. The van der Waals surface area contributed by atoms with E-state index in [0.717, 1.165) is 22.9 Å². The summed E-state index contributed by atoms with van der Waals surface area (Å²) in [7, 11) is 0. The van der Waals surface area contributed by atoms with Gasteiger partial charge in [-0.15, -0.1) is 11.8 Å². The SMILES string of the molecule is CCSc1cccc(NC2CC(C)C2)c1C(N)=S. The Morgan fingerprint density at radius 1 is 1.50 bits per heavy atom. The molecule has 0 bridgehead atoms. The van der Waals surface area contributed by atoms with E-state index in [1.807, 2.05) is 0 Å². The second-order valence-electron chi connectivity index (χ2n) is 4.89. The molecular formula is C14H20N2S2. The van der Waals surface area contributed by atoms with Crippen LogP contribution >= 0.6 is 24.0 Å². The Bertz CT molecular complexity index is 439. The van der Waals surface area contributed by atoms with Gasteiger partial charge in [0, 0.05) is 22.2 Å². The predicted molar refractivity (Wildman–Crippen MR) is 84.5 cm³/mol. The lowest BCUT2D eigenvalue weighted by atomic mass is 9.81. The zero-order chi connectivity index (χ0) is 13.1. The van der Waals surface area contributed by atoms with Gasteiger partial charge in [-0.25, -0.2) is 0 Å². The predicted octanol–water partition coefficient (Wildman–Crippen LogP) is 3.64. The van der Waals surface area contributed by atoms with Crippen LogP contribution in [0.25, 0.3) is 0 Å². The second-order valence-corrected chi connectivity index (χ2v) is 6.64. The topological polar surface area (TPSA) is 38.0 Å². The maximum atomic E-state index is 5.89. The van der Waals surface area contributed by atoms with Gasteiger partial charge in [-0.05, 0) is 36.6 Å². The number of thiocarbonyl (C=S) groups is 1. The van der Waals surface area contributed by atoms with Crippen LogP contribution in [-0.4, -0.2) is 16.8 Å². The van der Waals surface area contributed by atoms with Crippen LogP contribution in [0.4, 0.5) is 5.69 Å². The average Bonchev–Trinajstić information content (AvgIpc) is 2.27. The van der Waals surface area contributed by atoms with Gasteiger partial charge in [-0.1, -0.05) is 32.1 Å². The normalized spacial score (nSPS) is 22.3. The molecule has 0 radical (unpaired) electrons. The lowest BCUT2D eigenvalue weighted by Gasteiger charge is -2.34. The zero-order valence-corrected chi connectivity index (χ0v) is 12.5. The fourth-order valence-corrected chi connectivity index (χ4v) is 3.56. The molecule has 1 aliphatic carbocycles. The van der Waals surface area contributed by atoms with Gasteiger partial charge in [0.15, 0.2) is 0 Å². The molecule has 1 aromatic carbocycles. The van der Waals surface area contributed by atoms with Crippen molar-refractivity contribution in [2.45, 2.75) is 37.6 Å². The van der Waals surface area contributed by atoms with E-state index in [4.69, 9.17) is 18.0 Å². The van der Waals surface area contributed by atoms with Crippen molar-refractivity contribution >= 4 is 34.7 Å². The molecular weight excluding hydrogens is 260 g/mol. The van der Waals surface area contributed by atoms with E-state index in [-0.39, 0.29) is 0 Å². The highest BCUT2D eigenvalue weighted by Crippen LogP contribution is 2.33. The number of benzene rings is 1. The summed E-state index contributed by atoms with van der Waals surface area (Å²) >= 11 is 7.00. The number of hydrogen-bond donors (Lipinski definition) is 2. The average molecular weight is 280 g/mol. The van der Waals surface area contributed by atoms with Gasteiger partial charge in [0.05, 0.1) is 0 Å². The molecule has 1 saturated carbocycles. The summed E-state index contributed by atoms with van der Waals surface area (Å²) in [5, 5.41) is 3.58. The third-order valence-electron chi connectivity index (χ3n) is 3.31. The Morgan fingerprint density at radius 2 is 2.22 bits per heavy atom. The highest BCUT2D eigenvalue weighted by molar-refractivity contribution is 7.99. The zero-order valence-electron chi connectivity index (χ0n) is 10.9. The van der Waals surface area contributed by atoms with E-state index in [9.17, 15) is 0 Å². The summed E-state index contributed by atoms with van der Waals surface area (Å²) in [4.78, 5) is 1.67. The molecule has 98 valence electrons. The molecule has 0 amide bonds. The molecule has 0 saturated heterocycles. The van der Waals surface area contributed by atoms with E-state index in [2.05, 4.69) is 37.4 Å². The van der Waals surface area contributed by atoms with Gasteiger partial charge in [0.1, 0.15) is 4.99 Å². The summed E-state index contributed by atoms with van der Waals surface area (Å²) in [5.41, 5.74) is 7.99. The molecule has 0 aliphatic heterocycles. The number of anilines is 1. The quantitative estimate of drug-likeness (QED) is 0.638. The summed E-state index contributed by atoms with van der Waals surface area (Å²) in [5.74, 6) is 1.86. The maximum absolute atomic E-state index is 5.89. The number of hydrogen-bond acceptors (Lipinski definition) is 3. The lowest BCUT2D eigenvalue weighted by Crippen LogP contribution is -2.34. The van der Waals surface area contributed by atoms with E-state index in [1.54, 1.807) is 11.8 Å². The minimum atomic E-state index is 0.487. The van der Waals surface area contributed by atoms with Gasteiger partial charge < -0.3 is 11.1 Å². The molecule has 2 nitrogen and oxygen atoms in total. The molecule has 18 heavy (non-hydrogen) atoms. The summed E-state index contributed by atoms with van der Waals surface area (Å²) in [6, 6.07) is 6.83. The molecule has 0 atom stereocenters. The summed E-state index contributed by atoms with van der Waals surface area (Å²) < 4.78 is 0. The Balaban J connectivity index is 2.22. The van der Waals surface area contributed by atoms with Gasteiger partial charge >= 0.3 is 0 Å². The minimum absolute atomic E-state index is 0.487. The van der Waals surface area contributed by atoms with Crippen molar-refractivity contribution in [2.24, 2.45) is 11.7 Å². The first-order chi connectivity index (χ1) is 8.61. The van der Waals surface area contributed by atoms with Crippen LogP contribution in [0.15, 0.2) is 23.1 Å². The van der Waals surface area contributed by atoms with Crippen LogP contribution in [0.1, 0.15) is 32.3 Å². The largest absolute Gasteiger partial charge is 0.389 e. The van der Waals surface area contributed by atoms with E-state index in [1.165, 1.54) is 17.7 Å². The number of nitrogens with two attached hydrogens (primary N) is 1. The monoisotopic (exact) mass is 280 g/mol. The molecule has 4 heteroatoms. The number of thioether (sulfide) groups is 1. The number of nitrogens with one attached hydrogen (secondary N) is 1. The molecule has 0 spiro atoms. The standard InChI is InChI=1S/C14H20N2S2/c1-3-18-12-6-4-5-11(13(12)14(15)17)16-10-7-9(2)8-10/h4-6,9-10,16H,3,7-8H2,1-2H3,(H2,15,17). The first-order valence-corrected chi connectivity index (χ1v) is 7.83. The number of rotatable bonds is 5. The van der Waals surface area contributed by atoms with Gasteiger partial charge in [0.25, 0.3) is 0 Å². The van der Waals surface area contributed by atoms with Crippen molar-refractivity contribution in [3.8, 4) is 0 Å². The van der Waals surface area contributed by atoms with Crippen molar-refractivity contribution in [1.29, 1.82) is 0 Å². The molecule has 0 unspecified atom stereocenters. The van der Waals surface area contributed by atoms with Crippen LogP contribution < -0.4 is 11.1 Å². The van der Waals surface area contributed by atoms with Crippen LogP contribution in [0.3, 0.4) is 0 Å². The molecule has 1 aromatic rings. The Morgan fingerprint density at radius 3 is 2.78 bits per heavy atom. The molecule has 0 aromatic heterocycles. The van der Waals surface area contributed by atoms with E-state index < -0.39 is 0 Å².